The Labute approximate surface area is 270 Å². The molecule has 0 heteroatoms. The molecule has 0 atom stereocenters. The molecule has 0 radical (unpaired) electrons. The molecule has 8 aromatic carbocycles. The van der Waals surface area contributed by atoms with Crippen molar-refractivity contribution in [3.63, 3.8) is 0 Å². The van der Waals surface area contributed by atoms with Crippen molar-refractivity contribution in [1.82, 2.24) is 0 Å². The number of benzene rings is 8. The van der Waals surface area contributed by atoms with Gasteiger partial charge in [-0.2, -0.15) is 0 Å². The minimum Gasteiger partial charge on any atom is -0.0622 e. The second-order valence-corrected chi connectivity index (χ2v) is 11.8. The minimum atomic E-state index is 1.18. The van der Waals surface area contributed by atoms with Crippen LogP contribution in [-0.4, -0.2) is 0 Å². The molecular weight excluding hydrogens is 553 g/mol. The van der Waals surface area contributed by atoms with Gasteiger partial charge in [-0.1, -0.05) is 182 Å². The van der Waals surface area contributed by atoms with Gasteiger partial charge in [0.15, 0.2) is 0 Å². The van der Waals surface area contributed by atoms with Gasteiger partial charge in [-0.15, -0.1) is 0 Å². The Morgan fingerprint density at radius 2 is 0.587 bits per heavy atom. The molecule has 0 nitrogen and oxygen atoms in total. The fourth-order valence-corrected chi connectivity index (χ4v) is 6.52. The molecule has 0 spiro atoms. The number of hydrogen-bond donors (Lipinski definition) is 0. The molecule has 0 aromatic heterocycles. The van der Waals surface area contributed by atoms with Crippen molar-refractivity contribution in [3.05, 3.63) is 192 Å². The Morgan fingerprint density at radius 1 is 0.261 bits per heavy atom. The third kappa shape index (κ3) is 5.42. The van der Waals surface area contributed by atoms with Crippen LogP contribution in [0.15, 0.2) is 170 Å². The highest BCUT2D eigenvalue weighted by Gasteiger charge is 2.17. The SMILES string of the molecule is C(=Cc1ccc(-c2c3ccccc3c(-c3ccc(C=Cc4ccccc4)cc3)c3cc4ccccc4cc23)cc1)c1ccccc1. The summed E-state index contributed by atoms with van der Waals surface area (Å²) < 4.78 is 0. The van der Waals surface area contributed by atoms with E-state index >= 15 is 0 Å². The van der Waals surface area contributed by atoms with E-state index in [1.54, 1.807) is 0 Å². The second kappa shape index (κ2) is 12.2. The van der Waals surface area contributed by atoms with Gasteiger partial charge in [0, 0.05) is 0 Å². The predicted octanol–water partition coefficient (Wildman–Crippen LogP) is 12.8. The van der Waals surface area contributed by atoms with Gasteiger partial charge in [0.25, 0.3) is 0 Å². The van der Waals surface area contributed by atoms with Gasteiger partial charge in [-0.3, -0.25) is 0 Å². The van der Waals surface area contributed by atoms with Crippen molar-refractivity contribution >= 4 is 56.6 Å². The van der Waals surface area contributed by atoms with E-state index in [2.05, 4.69) is 194 Å². The smallest absolute Gasteiger partial charge is 0.00261 e. The lowest BCUT2D eigenvalue weighted by atomic mass is 9.84. The summed E-state index contributed by atoms with van der Waals surface area (Å²) in [5, 5.41) is 7.57. The van der Waals surface area contributed by atoms with E-state index in [4.69, 9.17) is 0 Å². The van der Waals surface area contributed by atoms with Crippen molar-refractivity contribution in [1.29, 1.82) is 0 Å². The van der Waals surface area contributed by atoms with Crippen LogP contribution in [0, 0.1) is 0 Å². The zero-order chi connectivity index (χ0) is 30.7. The Hall–Kier alpha value is -5.98. The number of fused-ring (bicyclic) bond motifs is 3. The van der Waals surface area contributed by atoms with Gasteiger partial charge in [0.1, 0.15) is 0 Å². The second-order valence-electron chi connectivity index (χ2n) is 11.8. The average molecular weight is 585 g/mol. The maximum atomic E-state index is 2.39. The molecule has 0 aliphatic carbocycles. The molecule has 0 bridgehead atoms. The molecule has 0 unspecified atom stereocenters. The van der Waals surface area contributed by atoms with E-state index in [-0.39, 0.29) is 0 Å². The lowest BCUT2D eigenvalue weighted by molar-refractivity contribution is 1.62. The Bertz CT molecular complexity index is 2190. The van der Waals surface area contributed by atoms with Crippen molar-refractivity contribution in [2.45, 2.75) is 0 Å². The lowest BCUT2D eigenvalue weighted by Crippen LogP contribution is -1.91. The van der Waals surface area contributed by atoms with Crippen molar-refractivity contribution in [2.24, 2.45) is 0 Å². The third-order valence-corrected chi connectivity index (χ3v) is 8.82. The van der Waals surface area contributed by atoms with E-state index in [1.807, 2.05) is 0 Å². The summed E-state index contributed by atoms with van der Waals surface area (Å²) in [6.07, 6.45) is 8.71. The van der Waals surface area contributed by atoms with Crippen LogP contribution >= 0.6 is 0 Å². The zero-order valence-corrected chi connectivity index (χ0v) is 25.5. The normalized spacial score (nSPS) is 11.7. The van der Waals surface area contributed by atoms with E-state index in [9.17, 15) is 0 Å². The predicted molar refractivity (Wildman–Crippen MR) is 201 cm³/mol. The first kappa shape index (κ1) is 27.6. The van der Waals surface area contributed by atoms with Crippen molar-refractivity contribution in [3.8, 4) is 22.3 Å². The summed E-state index contributed by atoms with van der Waals surface area (Å²) >= 11 is 0. The fraction of sp³-hybridized carbons (Fsp3) is 0. The average Bonchev–Trinajstić information content (AvgIpc) is 3.13. The Morgan fingerprint density at radius 3 is 0.978 bits per heavy atom. The molecule has 8 aromatic rings. The van der Waals surface area contributed by atoms with Crippen LogP contribution in [0.5, 0.6) is 0 Å². The molecule has 46 heavy (non-hydrogen) atoms. The first-order valence-corrected chi connectivity index (χ1v) is 15.8. The molecule has 0 heterocycles. The van der Waals surface area contributed by atoms with Gasteiger partial charge in [0.05, 0.1) is 0 Å². The van der Waals surface area contributed by atoms with Crippen LogP contribution in [0.4, 0.5) is 0 Å². The van der Waals surface area contributed by atoms with Crippen molar-refractivity contribution < 1.29 is 0 Å². The highest BCUT2D eigenvalue weighted by Crippen LogP contribution is 2.45. The summed E-state index contributed by atoms with van der Waals surface area (Å²) in [5.74, 6) is 0. The third-order valence-electron chi connectivity index (χ3n) is 8.82. The summed E-state index contributed by atoms with van der Waals surface area (Å²) in [5.41, 5.74) is 9.77. The molecule has 0 aliphatic heterocycles. The van der Waals surface area contributed by atoms with Crippen LogP contribution < -0.4 is 0 Å². The molecule has 8 rings (SSSR count). The van der Waals surface area contributed by atoms with E-state index in [1.165, 1.54) is 76.8 Å². The molecule has 0 saturated carbocycles. The summed E-state index contributed by atoms with van der Waals surface area (Å²) in [6, 6.07) is 61.3. The van der Waals surface area contributed by atoms with Gasteiger partial charge >= 0.3 is 0 Å². The van der Waals surface area contributed by atoms with Gasteiger partial charge in [-0.05, 0) is 89.0 Å². The van der Waals surface area contributed by atoms with Crippen LogP contribution in [0.25, 0.3) is 78.9 Å². The van der Waals surface area contributed by atoms with E-state index < -0.39 is 0 Å². The van der Waals surface area contributed by atoms with E-state index in [0.717, 1.165) is 0 Å². The maximum absolute atomic E-state index is 2.39. The van der Waals surface area contributed by atoms with Crippen LogP contribution in [0.2, 0.25) is 0 Å². The molecule has 0 N–H and O–H groups in total. The van der Waals surface area contributed by atoms with Crippen molar-refractivity contribution in [2.75, 3.05) is 0 Å². The topological polar surface area (TPSA) is 0 Å². The number of rotatable bonds is 6. The molecule has 0 amide bonds. The Balaban J connectivity index is 1.29. The van der Waals surface area contributed by atoms with Crippen LogP contribution in [0.3, 0.4) is 0 Å². The highest BCUT2D eigenvalue weighted by atomic mass is 14.2. The minimum absolute atomic E-state index is 1.18. The Kier molecular flexibility index (Phi) is 7.30. The summed E-state index contributed by atoms with van der Waals surface area (Å²) in [4.78, 5) is 0. The first-order chi connectivity index (χ1) is 22.8. The molecule has 0 saturated heterocycles. The summed E-state index contributed by atoms with van der Waals surface area (Å²) in [7, 11) is 0. The van der Waals surface area contributed by atoms with E-state index in [0.29, 0.717) is 0 Å². The highest BCUT2D eigenvalue weighted by molar-refractivity contribution is 6.23. The molecule has 0 aliphatic rings. The van der Waals surface area contributed by atoms with Gasteiger partial charge < -0.3 is 0 Å². The molecular formula is C46H32. The molecule has 0 fully saturated rings. The monoisotopic (exact) mass is 584 g/mol. The molecule has 216 valence electrons. The van der Waals surface area contributed by atoms with Gasteiger partial charge in [0.2, 0.25) is 0 Å². The standard InChI is InChI=1S/C46H32/c1-3-11-33(12-4-1)19-21-35-23-27-37(28-24-35)45-41-17-9-10-18-42(41)46(44-32-40-16-8-7-15-39(40)31-43(44)45)38-29-25-36(26-30-38)22-20-34-13-5-2-6-14-34/h1-32H. The largest absolute Gasteiger partial charge is 0.0622 e. The van der Waals surface area contributed by atoms with Crippen LogP contribution in [-0.2, 0) is 0 Å². The zero-order valence-electron chi connectivity index (χ0n) is 25.5. The first-order valence-electron chi connectivity index (χ1n) is 15.8. The maximum Gasteiger partial charge on any atom is -0.00261 e. The lowest BCUT2D eigenvalue weighted by Gasteiger charge is -2.19. The fourth-order valence-electron chi connectivity index (χ4n) is 6.52. The number of hydrogen-bond acceptors (Lipinski definition) is 0. The quantitative estimate of drug-likeness (QED) is 0.135. The van der Waals surface area contributed by atoms with Gasteiger partial charge in [-0.25, -0.2) is 0 Å². The van der Waals surface area contributed by atoms with Crippen LogP contribution in [0.1, 0.15) is 22.3 Å². The summed E-state index contributed by atoms with van der Waals surface area (Å²) in [6.45, 7) is 0.